The van der Waals surface area contributed by atoms with Crippen LogP contribution in [0.1, 0.15) is 51.1 Å². The Balaban J connectivity index is 1.89. The van der Waals surface area contributed by atoms with Gasteiger partial charge in [0.15, 0.2) is 5.75 Å². The van der Waals surface area contributed by atoms with Gasteiger partial charge in [-0.05, 0) is 50.2 Å². The fourth-order valence-electron chi connectivity index (χ4n) is 3.64. The minimum absolute atomic E-state index is 0.184. The van der Waals surface area contributed by atoms with Gasteiger partial charge in [0.1, 0.15) is 6.10 Å². The smallest absolute Gasteiger partial charge is 0.338 e. The fourth-order valence-corrected chi connectivity index (χ4v) is 3.64. The van der Waals surface area contributed by atoms with Gasteiger partial charge in [0.05, 0.1) is 16.5 Å². The average molecular weight is 389 g/mol. The summed E-state index contributed by atoms with van der Waals surface area (Å²) in [6, 6.07) is 2.31. The summed E-state index contributed by atoms with van der Waals surface area (Å²) >= 11 is 0. The Kier molecular flexibility index (Phi) is 5.53. The number of hydrogen-bond donors (Lipinski definition) is 3. The van der Waals surface area contributed by atoms with Gasteiger partial charge in [-0.25, -0.2) is 9.59 Å². The monoisotopic (exact) mass is 389 g/mol. The largest absolute Gasteiger partial charge is 0.502 e. The minimum Gasteiger partial charge on any atom is -0.502 e. The second-order valence-corrected chi connectivity index (χ2v) is 7.36. The molecule has 1 aliphatic carbocycles. The van der Waals surface area contributed by atoms with Crippen molar-refractivity contribution in [2.75, 3.05) is 0 Å². The number of phenols is 1. The highest BCUT2D eigenvalue weighted by Gasteiger charge is 2.35. The molecule has 0 radical (unpaired) electrons. The van der Waals surface area contributed by atoms with Crippen LogP contribution in [0.4, 0.5) is 10.5 Å². The number of ether oxygens (including phenoxy) is 1. The van der Waals surface area contributed by atoms with Gasteiger partial charge in [-0.2, -0.15) is 0 Å². The molecule has 0 saturated heterocycles. The molecule has 1 atom stereocenters. The van der Waals surface area contributed by atoms with Crippen molar-refractivity contribution in [3.05, 3.63) is 45.1 Å². The lowest BCUT2D eigenvalue weighted by atomic mass is 9.88. The van der Waals surface area contributed by atoms with E-state index in [1.54, 1.807) is 6.92 Å². The summed E-state index contributed by atoms with van der Waals surface area (Å²) in [5.41, 5.74) is 0.330. The standard InChI is InChI=1S/C19H23N3O6/c1-10-3-6-13(7-4-10)28-18(24)16-11(2)20-19(25)21-17(16)12-5-8-15(23)14(9-12)22(26)27/h5,8-10,13,17,23H,3-4,6-7H2,1-2H3,(H2,20,21,25)/t10?,13?,17-/m1/s1. The molecule has 0 aromatic heterocycles. The van der Waals surface area contributed by atoms with E-state index in [9.17, 15) is 24.8 Å². The van der Waals surface area contributed by atoms with Crippen molar-refractivity contribution in [1.29, 1.82) is 0 Å². The van der Waals surface area contributed by atoms with Gasteiger partial charge < -0.3 is 20.5 Å². The zero-order valence-electron chi connectivity index (χ0n) is 15.7. The highest BCUT2D eigenvalue weighted by molar-refractivity contribution is 5.95. The lowest BCUT2D eigenvalue weighted by molar-refractivity contribution is -0.385. The van der Waals surface area contributed by atoms with Crippen LogP contribution in [0.3, 0.4) is 0 Å². The number of nitrogens with one attached hydrogen (secondary N) is 2. The second-order valence-electron chi connectivity index (χ2n) is 7.36. The van der Waals surface area contributed by atoms with Gasteiger partial charge >= 0.3 is 17.7 Å². The number of phenolic OH excluding ortho intramolecular Hbond substituents is 1. The molecule has 1 fully saturated rings. The molecule has 3 rings (SSSR count). The van der Waals surface area contributed by atoms with E-state index >= 15 is 0 Å². The molecule has 2 aliphatic rings. The molecule has 1 aromatic carbocycles. The number of aromatic hydroxyl groups is 1. The number of amides is 2. The summed E-state index contributed by atoms with van der Waals surface area (Å²) in [4.78, 5) is 35.2. The Bertz CT molecular complexity index is 842. The first-order chi connectivity index (χ1) is 13.3. The number of nitrogens with zero attached hydrogens (tertiary/aromatic N) is 1. The van der Waals surface area contributed by atoms with Crippen LogP contribution in [-0.4, -0.2) is 28.1 Å². The normalized spacial score (nSPS) is 24.9. The van der Waals surface area contributed by atoms with Crippen molar-refractivity contribution in [2.45, 2.75) is 51.7 Å². The molecule has 0 bridgehead atoms. The van der Waals surface area contributed by atoms with Gasteiger partial charge in [-0.1, -0.05) is 13.0 Å². The van der Waals surface area contributed by atoms with Crippen molar-refractivity contribution < 1.29 is 24.4 Å². The Labute approximate surface area is 161 Å². The van der Waals surface area contributed by atoms with Crippen LogP contribution < -0.4 is 10.6 Å². The summed E-state index contributed by atoms with van der Waals surface area (Å²) in [5.74, 6) is -0.447. The molecule has 3 N–H and O–H groups in total. The van der Waals surface area contributed by atoms with Crippen LogP contribution >= 0.6 is 0 Å². The van der Waals surface area contributed by atoms with Gasteiger partial charge in [0.25, 0.3) is 0 Å². The highest BCUT2D eigenvalue weighted by Crippen LogP contribution is 2.34. The lowest BCUT2D eigenvalue weighted by Gasteiger charge is -2.31. The first-order valence-electron chi connectivity index (χ1n) is 9.22. The molecule has 0 spiro atoms. The first-order valence-corrected chi connectivity index (χ1v) is 9.22. The number of nitro benzene ring substituents is 1. The van der Waals surface area contributed by atoms with Crippen molar-refractivity contribution in [3.8, 4) is 5.75 Å². The number of carbonyl (C=O) groups is 2. The topological polar surface area (TPSA) is 131 Å². The molecule has 1 saturated carbocycles. The molecule has 28 heavy (non-hydrogen) atoms. The Morgan fingerprint density at radius 3 is 2.61 bits per heavy atom. The van der Waals surface area contributed by atoms with Crippen LogP contribution in [0, 0.1) is 16.0 Å². The van der Waals surface area contributed by atoms with Gasteiger partial charge in [0.2, 0.25) is 0 Å². The number of urea groups is 1. The summed E-state index contributed by atoms with van der Waals surface area (Å²) in [7, 11) is 0. The SMILES string of the molecule is CC1=C(C(=O)OC2CCC(C)CC2)[C@@H](c2ccc(O)c([N+](=O)[O-])c2)NC(=O)N1. The van der Waals surface area contributed by atoms with Crippen molar-refractivity contribution >= 4 is 17.7 Å². The number of benzene rings is 1. The van der Waals surface area contributed by atoms with E-state index in [1.807, 2.05) is 0 Å². The van der Waals surface area contributed by atoms with Crippen LogP contribution in [0.15, 0.2) is 29.5 Å². The summed E-state index contributed by atoms with van der Waals surface area (Å²) < 4.78 is 5.67. The molecule has 1 aromatic rings. The lowest BCUT2D eigenvalue weighted by Crippen LogP contribution is -2.45. The molecule has 1 aliphatic heterocycles. The maximum absolute atomic E-state index is 12.9. The number of allylic oxidation sites excluding steroid dienone is 1. The molecular weight excluding hydrogens is 366 g/mol. The number of esters is 1. The van der Waals surface area contributed by atoms with Crippen LogP contribution in [0.5, 0.6) is 5.75 Å². The second kappa shape index (κ2) is 7.87. The first kappa shape index (κ1) is 19.7. The van der Waals surface area contributed by atoms with E-state index in [0.29, 0.717) is 17.2 Å². The number of rotatable bonds is 4. The molecular formula is C19H23N3O6. The van der Waals surface area contributed by atoms with Crippen molar-refractivity contribution in [3.63, 3.8) is 0 Å². The molecule has 0 unspecified atom stereocenters. The van der Waals surface area contributed by atoms with Crippen LogP contribution in [-0.2, 0) is 9.53 Å². The summed E-state index contributed by atoms with van der Waals surface area (Å²) in [5, 5.41) is 26.0. The number of carbonyl (C=O) groups excluding carboxylic acids is 2. The third kappa shape index (κ3) is 4.08. The van der Waals surface area contributed by atoms with Crippen LogP contribution in [0.2, 0.25) is 0 Å². The van der Waals surface area contributed by atoms with E-state index in [0.717, 1.165) is 31.7 Å². The highest BCUT2D eigenvalue weighted by atomic mass is 16.6. The Morgan fingerprint density at radius 2 is 1.96 bits per heavy atom. The van der Waals surface area contributed by atoms with E-state index < -0.39 is 34.4 Å². The molecule has 9 heteroatoms. The Hall–Kier alpha value is -3.10. The molecule has 2 amide bonds. The number of hydrogen-bond acceptors (Lipinski definition) is 6. The summed E-state index contributed by atoms with van der Waals surface area (Å²) in [6.45, 7) is 3.75. The zero-order chi connectivity index (χ0) is 20.4. The molecule has 150 valence electrons. The maximum atomic E-state index is 12.9. The van der Waals surface area contributed by atoms with E-state index in [1.165, 1.54) is 12.1 Å². The zero-order valence-corrected chi connectivity index (χ0v) is 15.7. The van der Waals surface area contributed by atoms with Gasteiger partial charge in [-0.3, -0.25) is 10.1 Å². The summed E-state index contributed by atoms with van der Waals surface area (Å²) in [6.07, 6.45) is 3.36. The van der Waals surface area contributed by atoms with Crippen molar-refractivity contribution in [2.24, 2.45) is 5.92 Å². The van der Waals surface area contributed by atoms with Crippen molar-refractivity contribution in [1.82, 2.24) is 10.6 Å². The van der Waals surface area contributed by atoms with Gasteiger partial charge in [0, 0.05) is 11.8 Å². The molecule has 9 nitrogen and oxygen atoms in total. The third-order valence-electron chi connectivity index (χ3n) is 5.26. The van der Waals surface area contributed by atoms with Crippen LogP contribution in [0.25, 0.3) is 0 Å². The minimum atomic E-state index is -0.914. The number of nitro groups is 1. The Morgan fingerprint density at radius 1 is 1.29 bits per heavy atom. The molecule has 1 heterocycles. The predicted octanol–water partition coefficient (Wildman–Crippen LogP) is 3.05. The van der Waals surface area contributed by atoms with E-state index in [2.05, 4.69) is 17.6 Å². The fraction of sp³-hybridized carbons (Fsp3) is 0.474. The third-order valence-corrected chi connectivity index (χ3v) is 5.26. The quantitative estimate of drug-likeness (QED) is 0.412. The maximum Gasteiger partial charge on any atom is 0.338 e. The van der Waals surface area contributed by atoms with E-state index in [4.69, 9.17) is 4.74 Å². The predicted molar refractivity (Wildman–Crippen MR) is 99.4 cm³/mol. The van der Waals surface area contributed by atoms with E-state index in [-0.39, 0.29) is 11.7 Å². The van der Waals surface area contributed by atoms with Gasteiger partial charge in [-0.15, -0.1) is 0 Å². The average Bonchev–Trinajstić information content (AvgIpc) is 2.63.